The van der Waals surface area contributed by atoms with Crippen LogP contribution >= 0.6 is 0 Å². The lowest BCUT2D eigenvalue weighted by atomic mass is 10.0. The molecule has 142 valence electrons. The average molecular weight is 369 g/mol. The third-order valence-electron chi connectivity index (χ3n) is 4.79. The predicted octanol–water partition coefficient (Wildman–Crippen LogP) is 2.12. The van der Waals surface area contributed by atoms with Gasteiger partial charge < -0.3 is 16.0 Å². The minimum absolute atomic E-state index is 0.0599. The van der Waals surface area contributed by atoms with E-state index >= 15 is 0 Å². The number of benzene rings is 2. The Bertz CT molecular complexity index is 797. The first-order valence-electron chi connectivity index (χ1n) is 9.15. The lowest BCUT2D eigenvalue weighted by Crippen LogP contribution is -2.40. The van der Waals surface area contributed by atoms with Crippen LogP contribution in [0.5, 0.6) is 0 Å². The molecule has 3 rings (SSSR count). The van der Waals surface area contributed by atoms with E-state index in [1.807, 2.05) is 18.2 Å². The lowest BCUT2D eigenvalue weighted by Gasteiger charge is -2.20. The van der Waals surface area contributed by atoms with Gasteiger partial charge in [0.2, 0.25) is 5.91 Å². The zero-order chi connectivity index (χ0) is 19.2. The van der Waals surface area contributed by atoms with Gasteiger partial charge in [0.1, 0.15) is 5.82 Å². The van der Waals surface area contributed by atoms with Gasteiger partial charge in [-0.2, -0.15) is 0 Å². The van der Waals surface area contributed by atoms with Crippen molar-refractivity contribution in [2.75, 3.05) is 13.1 Å². The van der Waals surface area contributed by atoms with Crippen molar-refractivity contribution in [2.24, 2.45) is 5.73 Å². The van der Waals surface area contributed by atoms with E-state index in [0.717, 1.165) is 0 Å². The predicted molar refractivity (Wildman–Crippen MR) is 102 cm³/mol. The Morgan fingerprint density at radius 1 is 1.15 bits per heavy atom. The summed E-state index contributed by atoms with van der Waals surface area (Å²) in [4.78, 5) is 26.4. The molecule has 0 aliphatic carbocycles. The molecule has 27 heavy (non-hydrogen) atoms. The number of rotatable bonds is 6. The fourth-order valence-electron chi connectivity index (χ4n) is 3.33. The fraction of sp³-hybridized carbons (Fsp3) is 0.333. The van der Waals surface area contributed by atoms with Gasteiger partial charge in [0.25, 0.3) is 5.91 Å². The van der Waals surface area contributed by atoms with Crippen molar-refractivity contribution in [2.45, 2.75) is 31.3 Å². The Balaban J connectivity index is 1.47. The first-order chi connectivity index (χ1) is 13.0. The third kappa shape index (κ3) is 5.14. The highest BCUT2D eigenvalue weighted by atomic mass is 19.1. The number of nitrogens with zero attached hydrogens (tertiary/aromatic N) is 1. The van der Waals surface area contributed by atoms with E-state index in [0.29, 0.717) is 37.1 Å². The molecule has 1 aliphatic heterocycles. The smallest absolute Gasteiger partial charge is 0.251 e. The minimum atomic E-state index is -0.438. The molecule has 0 aromatic heterocycles. The van der Waals surface area contributed by atoms with E-state index < -0.39 is 6.04 Å². The molecule has 2 aromatic carbocycles. The van der Waals surface area contributed by atoms with E-state index in [9.17, 15) is 14.0 Å². The van der Waals surface area contributed by atoms with Crippen molar-refractivity contribution >= 4 is 11.8 Å². The van der Waals surface area contributed by atoms with Crippen molar-refractivity contribution in [3.63, 3.8) is 0 Å². The van der Waals surface area contributed by atoms with Crippen LogP contribution in [0, 0.1) is 5.82 Å². The average Bonchev–Trinajstić information content (AvgIpc) is 3.13. The Morgan fingerprint density at radius 3 is 2.59 bits per heavy atom. The highest BCUT2D eigenvalue weighted by Crippen LogP contribution is 2.14. The molecule has 1 fully saturated rings. The van der Waals surface area contributed by atoms with Gasteiger partial charge in [0, 0.05) is 37.2 Å². The molecule has 2 amide bonds. The summed E-state index contributed by atoms with van der Waals surface area (Å²) in [6.07, 6.45) is 1.20. The maximum Gasteiger partial charge on any atom is 0.251 e. The summed E-state index contributed by atoms with van der Waals surface area (Å²) >= 11 is 0. The van der Waals surface area contributed by atoms with E-state index in [1.165, 1.54) is 6.07 Å². The fourth-order valence-corrected chi connectivity index (χ4v) is 3.33. The zero-order valence-electron chi connectivity index (χ0n) is 15.1. The van der Waals surface area contributed by atoms with Crippen molar-refractivity contribution in [1.82, 2.24) is 10.2 Å². The molecular formula is C21H24FN3O2. The van der Waals surface area contributed by atoms with Gasteiger partial charge in [-0.3, -0.25) is 9.59 Å². The number of hydrogen-bond donors (Lipinski definition) is 2. The summed E-state index contributed by atoms with van der Waals surface area (Å²) in [5.74, 6) is -0.494. The van der Waals surface area contributed by atoms with Crippen LogP contribution < -0.4 is 11.1 Å². The van der Waals surface area contributed by atoms with E-state index in [-0.39, 0.29) is 30.1 Å². The van der Waals surface area contributed by atoms with Crippen LogP contribution in [0.2, 0.25) is 0 Å². The number of amides is 2. The summed E-state index contributed by atoms with van der Waals surface area (Å²) in [7, 11) is 0. The van der Waals surface area contributed by atoms with E-state index in [2.05, 4.69) is 5.32 Å². The van der Waals surface area contributed by atoms with Crippen molar-refractivity contribution < 1.29 is 14.0 Å². The molecule has 0 saturated carbocycles. The van der Waals surface area contributed by atoms with Crippen LogP contribution in [-0.2, 0) is 11.2 Å². The topological polar surface area (TPSA) is 75.4 Å². The van der Waals surface area contributed by atoms with Crippen LogP contribution in [-0.4, -0.2) is 41.9 Å². The molecular weight excluding hydrogens is 345 g/mol. The molecule has 1 saturated heterocycles. The van der Waals surface area contributed by atoms with Crippen LogP contribution in [0.1, 0.15) is 28.8 Å². The maximum absolute atomic E-state index is 13.7. The molecule has 2 atom stereocenters. The normalized spacial score (nSPS) is 17.6. The number of halogens is 1. The van der Waals surface area contributed by atoms with Gasteiger partial charge in [-0.05, 0) is 36.6 Å². The second kappa shape index (κ2) is 8.77. The Labute approximate surface area is 158 Å². The molecule has 0 radical (unpaired) electrons. The van der Waals surface area contributed by atoms with Crippen molar-refractivity contribution in [3.8, 4) is 0 Å². The van der Waals surface area contributed by atoms with Crippen molar-refractivity contribution in [1.29, 1.82) is 0 Å². The summed E-state index contributed by atoms with van der Waals surface area (Å²) in [5.41, 5.74) is 7.18. The largest absolute Gasteiger partial charge is 0.347 e. The standard InChI is InChI=1S/C21H24FN3O2/c22-19-9-5-4-8-16(19)12-17(23)13-20(26)25-11-10-18(14-25)24-21(27)15-6-2-1-3-7-15/h1-9,17-18H,10-14,23H2,(H,24,27). The second-order valence-electron chi connectivity index (χ2n) is 6.92. The van der Waals surface area contributed by atoms with Crippen molar-refractivity contribution in [3.05, 3.63) is 71.5 Å². The highest BCUT2D eigenvalue weighted by Gasteiger charge is 2.28. The first kappa shape index (κ1) is 19.0. The number of hydrogen-bond acceptors (Lipinski definition) is 3. The Kier molecular flexibility index (Phi) is 6.19. The van der Waals surface area contributed by atoms with E-state index in [1.54, 1.807) is 35.2 Å². The highest BCUT2D eigenvalue weighted by molar-refractivity contribution is 5.94. The van der Waals surface area contributed by atoms with Crippen LogP contribution in [0.4, 0.5) is 4.39 Å². The molecule has 5 nitrogen and oxygen atoms in total. The Hall–Kier alpha value is -2.73. The lowest BCUT2D eigenvalue weighted by molar-refractivity contribution is -0.130. The first-order valence-corrected chi connectivity index (χ1v) is 9.15. The molecule has 2 aromatic rings. The monoisotopic (exact) mass is 369 g/mol. The van der Waals surface area contributed by atoms with Gasteiger partial charge in [0.05, 0.1) is 0 Å². The molecule has 0 spiro atoms. The van der Waals surface area contributed by atoms with Crippen LogP contribution in [0.15, 0.2) is 54.6 Å². The molecule has 1 heterocycles. The SMILES string of the molecule is NC(CC(=O)N1CCC(NC(=O)c2ccccc2)C1)Cc1ccccc1F. The number of carbonyl (C=O) groups excluding carboxylic acids is 2. The van der Waals surface area contributed by atoms with Gasteiger partial charge in [-0.1, -0.05) is 36.4 Å². The van der Waals surface area contributed by atoms with Gasteiger partial charge >= 0.3 is 0 Å². The molecule has 1 aliphatic rings. The molecule has 0 bridgehead atoms. The van der Waals surface area contributed by atoms with Gasteiger partial charge in [-0.15, -0.1) is 0 Å². The Morgan fingerprint density at radius 2 is 1.85 bits per heavy atom. The summed E-state index contributed by atoms with van der Waals surface area (Å²) < 4.78 is 13.7. The quantitative estimate of drug-likeness (QED) is 0.819. The number of nitrogens with two attached hydrogens (primary N) is 1. The number of likely N-dealkylation sites (tertiary alicyclic amines) is 1. The van der Waals surface area contributed by atoms with E-state index in [4.69, 9.17) is 5.73 Å². The molecule has 6 heteroatoms. The van der Waals surface area contributed by atoms with Gasteiger partial charge in [-0.25, -0.2) is 4.39 Å². The van der Waals surface area contributed by atoms with Gasteiger partial charge in [0.15, 0.2) is 0 Å². The number of nitrogens with one attached hydrogen (secondary N) is 1. The second-order valence-corrected chi connectivity index (χ2v) is 6.92. The molecule has 2 unspecified atom stereocenters. The van der Waals surface area contributed by atoms with Crippen LogP contribution in [0.25, 0.3) is 0 Å². The third-order valence-corrected chi connectivity index (χ3v) is 4.79. The maximum atomic E-state index is 13.7. The number of carbonyl (C=O) groups is 2. The van der Waals surface area contributed by atoms with Crippen LogP contribution in [0.3, 0.4) is 0 Å². The summed E-state index contributed by atoms with van der Waals surface area (Å²) in [6.45, 7) is 1.06. The zero-order valence-corrected chi connectivity index (χ0v) is 15.1. The molecule has 3 N–H and O–H groups in total. The minimum Gasteiger partial charge on any atom is -0.347 e. The summed E-state index contributed by atoms with van der Waals surface area (Å²) in [5, 5.41) is 2.97. The summed E-state index contributed by atoms with van der Waals surface area (Å²) in [6, 6.07) is 15.0.